The van der Waals surface area contributed by atoms with Gasteiger partial charge in [-0.1, -0.05) is 12.1 Å². The first-order chi connectivity index (χ1) is 14.4. The van der Waals surface area contributed by atoms with Gasteiger partial charge in [-0.3, -0.25) is 9.59 Å². The first-order valence-electron chi connectivity index (χ1n) is 9.29. The van der Waals surface area contributed by atoms with E-state index in [1.807, 2.05) is 19.1 Å². The Balaban J connectivity index is 1.62. The Morgan fingerprint density at radius 2 is 1.83 bits per heavy atom. The van der Waals surface area contributed by atoms with Crippen LogP contribution in [0.2, 0.25) is 0 Å². The maximum Gasteiger partial charge on any atom is 0.255 e. The van der Waals surface area contributed by atoms with Crippen molar-refractivity contribution >= 4 is 17.5 Å². The Labute approximate surface area is 172 Å². The van der Waals surface area contributed by atoms with Crippen molar-refractivity contribution in [2.75, 3.05) is 12.4 Å². The molecule has 1 aliphatic heterocycles. The van der Waals surface area contributed by atoms with Crippen LogP contribution in [0.15, 0.2) is 54.6 Å². The fraction of sp³-hybridized carbons (Fsp3) is 0.130. The highest BCUT2D eigenvalue weighted by Gasteiger charge is 2.21. The number of methoxy groups -OCH3 is 1. The predicted octanol–water partition coefficient (Wildman–Crippen LogP) is 4.43. The lowest BCUT2D eigenvalue weighted by Crippen LogP contribution is -2.15. The summed E-state index contributed by atoms with van der Waals surface area (Å²) in [6, 6.07) is 14.1. The van der Waals surface area contributed by atoms with Gasteiger partial charge in [0.2, 0.25) is 0 Å². The molecule has 0 fully saturated rings. The summed E-state index contributed by atoms with van der Waals surface area (Å²) in [6.07, 6.45) is 0. The van der Waals surface area contributed by atoms with Crippen molar-refractivity contribution in [3.05, 3.63) is 82.7 Å². The molecule has 6 nitrogen and oxygen atoms in total. The molecular weight excluding hydrogens is 387 g/mol. The standard InChI is InChI=1S/C23H19FN2O4/c1-13-3-7-20(21(9-13)29-2)30-19-8-6-16(24)11-18(19)26-22(27)14-4-5-15-12-25-23(28)17(15)10-14/h3-11H,12H2,1-2H3,(H,25,28)(H,26,27). The van der Waals surface area contributed by atoms with Crippen molar-refractivity contribution in [1.29, 1.82) is 0 Å². The van der Waals surface area contributed by atoms with Crippen LogP contribution in [0.3, 0.4) is 0 Å². The van der Waals surface area contributed by atoms with Gasteiger partial charge in [0.25, 0.3) is 11.8 Å². The summed E-state index contributed by atoms with van der Waals surface area (Å²) in [5.41, 5.74) is 2.73. The van der Waals surface area contributed by atoms with Gasteiger partial charge in [-0.25, -0.2) is 4.39 Å². The number of aryl methyl sites for hydroxylation is 1. The van der Waals surface area contributed by atoms with Crippen LogP contribution >= 0.6 is 0 Å². The van der Waals surface area contributed by atoms with Crippen LogP contribution in [-0.2, 0) is 6.54 Å². The maximum absolute atomic E-state index is 13.9. The fourth-order valence-electron chi connectivity index (χ4n) is 3.21. The number of hydrogen-bond donors (Lipinski definition) is 2. The van der Waals surface area contributed by atoms with E-state index in [2.05, 4.69) is 10.6 Å². The van der Waals surface area contributed by atoms with Gasteiger partial charge < -0.3 is 20.1 Å². The zero-order valence-corrected chi connectivity index (χ0v) is 16.4. The molecule has 4 rings (SSSR count). The molecular formula is C23H19FN2O4. The lowest BCUT2D eigenvalue weighted by molar-refractivity contribution is 0.0965. The summed E-state index contributed by atoms with van der Waals surface area (Å²) in [7, 11) is 1.53. The van der Waals surface area contributed by atoms with Crippen molar-refractivity contribution in [3.63, 3.8) is 0 Å². The number of anilines is 1. The molecule has 3 aromatic rings. The molecule has 2 N–H and O–H groups in total. The quantitative estimate of drug-likeness (QED) is 0.657. The van der Waals surface area contributed by atoms with Gasteiger partial charge in [0, 0.05) is 23.7 Å². The van der Waals surface area contributed by atoms with E-state index in [0.717, 1.165) is 11.1 Å². The van der Waals surface area contributed by atoms with E-state index in [-0.39, 0.29) is 22.9 Å². The first kappa shape index (κ1) is 19.4. The molecule has 0 unspecified atom stereocenters. The van der Waals surface area contributed by atoms with E-state index in [9.17, 15) is 14.0 Å². The van der Waals surface area contributed by atoms with Crippen molar-refractivity contribution < 1.29 is 23.5 Å². The third kappa shape index (κ3) is 3.82. The minimum absolute atomic E-state index is 0.160. The molecule has 1 heterocycles. The van der Waals surface area contributed by atoms with Crippen LogP contribution in [0.4, 0.5) is 10.1 Å². The van der Waals surface area contributed by atoms with Crippen LogP contribution in [0.1, 0.15) is 31.8 Å². The van der Waals surface area contributed by atoms with Gasteiger partial charge in [-0.05, 0) is 54.4 Å². The molecule has 0 saturated carbocycles. The predicted molar refractivity (Wildman–Crippen MR) is 110 cm³/mol. The van der Waals surface area contributed by atoms with Crippen LogP contribution in [-0.4, -0.2) is 18.9 Å². The zero-order valence-electron chi connectivity index (χ0n) is 16.4. The van der Waals surface area contributed by atoms with Gasteiger partial charge >= 0.3 is 0 Å². The molecule has 30 heavy (non-hydrogen) atoms. The Hall–Kier alpha value is -3.87. The average molecular weight is 406 g/mol. The van der Waals surface area contributed by atoms with Crippen molar-refractivity contribution in [1.82, 2.24) is 5.32 Å². The molecule has 0 bridgehead atoms. The first-order valence-corrected chi connectivity index (χ1v) is 9.29. The number of rotatable bonds is 5. The number of amides is 2. The fourth-order valence-corrected chi connectivity index (χ4v) is 3.21. The largest absolute Gasteiger partial charge is 0.493 e. The topological polar surface area (TPSA) is 76.7 Å². The highest BCUT2D eigenvalue weighted by atomic mass is 19.1. The Bertz CT molecular complexity index is 1160. The van der Waals surface area contributed by atoms with Crippen molar-refractivity contribution in [2.45, 2.75) is 13.5 Å². The van der Waals surface area contributed by atoms with Gasteiger partial charge in [0.15, 0.2) is 17.2 Å². The monoisotopic (exact) mass is 406 g/mol. The Morgan fingerprint density at radius 1 is 1.03 bits per heavy atom. The minimum Gasteiger partial charge on any atom is -0.493 e. The number of halogens is 1. The Kier molecular flexibility index (Phi) is 5.10. The van der Waals surface area contributed by atoms with Crippen molar-refractivity contribution in [2.24, 2.45) is 0 Å². The number of fused-ring (bicyclic) bond motifs is 1. The molecule has 0 spiro atoms. The summed E-state index contributed by atoms with van der Waals surface area (Å²) >= 11 is 0. The number of benzene rings is 3. The Morgan fingerprint density at radius 3 is 2.63 bits per heavy atom. The summed E-state index contributed by atoms with van der Waals surface area (Å²) in [6.45, 7) is 2.36. The number of ether oxygens (including phenoxy) is 2. The lowest BCUT2D eigenvalue weighted by atomic mass is 10.1. The normalized spacial score (nSPS) is 12.2. The second-order valence-electron chi connectivity index (χ2n) is 6.91. The summed E-state index contributed by atoms with van der Waals surface area (Å²) in [5, 5.41) is 5.37. The number of carbonyl (C=O) groups excluding carboxylic acids is 2. The molecule has 0 atom stereocenters. The SMILES string of the molecule is COc1cc(C)ccc1Oc1ccc(F)cc1NC(=O)c1ccc2c(c1)C(=O)NC2. The smallest absolute Gasteiger partial charge is 0.255 e. The van der Waals surface area contributed by atoms with E-state index in [0.29, 0.717) is 23.6 Å². The second-order valence-corrected chi connectivity index (χ2v) is 6.91. The maximum atomic E-state index is 13.9. The van der Waals surface area contributed by atoms with Crippen LogP contribution in [0.25, 0.3) is 0 Å². The highest BCUT2D eigenvalue weighted by Crippen LogP contribution is 2.36. The molecule has 0 saturated heterocycles. The van der Waals surface area contributed by atoms with E-state index in [1.165, 1.54) is 31.4 Å². The molecule has 0 aliphatic carbocycles. The second kappa shape index (κ2) is 7.87. The average Bonchev–Trinajstić information content (AvgIpc) is 3.11. The summed E-state index contributed by atoms with van der Waals surface area (Å²) in [4.78, 5) is 24.6. The third-order valence-electron chi connectivity index (χ3n) is 4.78. The summed E-state index contributed by atoms with van der Waals surface area (Å²) in [5.74, 6) is -0.0296. The molecule has 2 amide bonds. The molecule has 3 aromatic carbocycles. The molecule has 0 radical (unpaired) electrons. The summed E-state index contributed by atoms with van der Waals surface area (Å²) < 4.78 is 25.1. The van der Waals surface area contributed by atoms with Crippen LogP contribution < -0.4 is 20.1 Å². The number of nitrogens with one attached hydrogen (secondary N) is 2. The van der Waals surface area contributed by atoms with E-state index >= 15 is 0 Å². The molecule has 7 heteroatoms. The minimum atomic E-state index is -0.526. The van der Waals surface area contributed by atoms with Gasteiger partial charge in [0.1, 0.15) is 5.82 Å². The third-order valence-corrected chi connectivity index (χ3v) is 4.78. The van der Waals surface area contributed by atoms with Crippen molar-refractivity contribution in [3.8, 4) is 17.2 Å². The lowest BCUT2D eigenvalue weighted by Gasteiger charge is -2.15. The molecule has 152 valence electrons. The van der Waals surface area contributed by atoms with Crippen LogP contribution in [0, 0.1) is 12.7 Å². The van der Waals surface area contributed by atoms with E-state index < -0.39 is 11.7 Å². The van der Waals surface area contributed by atoms with Gasteiger partial charge in [-0.2, -0.15) is 0 Å². The number of hydrogen-bond acceptors (Lipinski definition) is 4. The van der Waals surface area contributed by atoms with Gasteiger partial charge in [-0.15, -0.1) is 0 Å². The van der Waals surface area contributed by atoms with E-state index in [1.54, 1.807) is 18.2 Å². The molecule has 0 aromatic heterocycles. The van der Waals surface area contributed by atoms with E-state index in [4.69, 9.17) is 9.47 Å². The van der Waals surface area contributed by atoms with Gasteiger partial charge in [0.05, 0.1) is 12.8 Å². The highest BCUT2D eigenvalue weighted by molar-refractivity contribution is 6.07. The zero-order chi connectivity index (χ0) is 21.3. The molecule has 1 aliphatic rings. The number of carbonyl (C=O) groups is 2. The van der Waals surface area contributed by atoms with Crippen LogP contribution in [0.5, 0.6) is 17.2 Å².